The standard InChI is InChI=1S/C14H18N2S2/c1-3-11-6-7-12(18-11)13(16-10-4-5-10)14-15-9(2)8-17-14/h6-8,10,13,16H,3-5H2,1-2H3. The molecule has 0 saturated heterocycles. The first-order valence-corrected chi connectivity index (χ1v) is 8.22. The smallest absolute Gasteiger partial charge is 0.115 e. The Hall–Kier alpha value is -0.710. The van der Waals surface area contributed by atoms with Crippen molar-refractivity contribution >= 4 is 22.7 Å². The van der Waals surface area contributed by atoms with Crippen molar-refractivity contribution in [2.75, 3.05) is 0 Å². The quantitative estimate of drug-likeness (QED) is 0.896. The van der Waals surface area contributed by atoms with Crippen LogP contribution in [-0.4, -0.2) is 11.0 Å². The van der Waals surface area contributed by atoms with Crippen LogP contribution in [0.5, 0.6) is 0 Å². The fourth-order valence-electron chi connectivity index (χ4n) is 2.01. The van der Waals surface area contributed by atoms with Crippen LogP contribution >= 0.6 is 22.7 Å². The second kappa shape index (κ2) is 5.11. The van der Waals surface area contributed by atoms with Crippen LogP contribution in [0.15, 0.2) is 17.5 Å². The number of thiophene rings is 1. The molecule has 1 fully saturated rings. The molecule has 0 amide bonds. The summed E-state index contributed by atoms with van der Waals surface area (Å²) < 4.78 is 0. The maximum absolute atomic E-state index is 4.67. The van der Waals surface area contributed by atoms with Crippen LogP contribution in [0.1, 0.15) is 46.3 Å². The summed E-state index contributed by atoms with van der Waals surface area (Å²) in [7, 11) is 0. The molecule has 1 atom stereocenters. The van der Waals surface area contributed by atoms with E-state index in [1.54, 1.807) is 11.3 Å². The average Bonchev–Trinajstić information content (AvgIpc) is 2.90. The van der Waals surface area contributed by atoms with Crippen molar-refractivity contribution in [1.82, 2.24) is 10.3 Å². The molecule has 18 heavy (non-hydrogen) atoms. The molecule has 1 aliphatic carbocycles. The second-order valence-corrected chi connectivity index (χ2v) is 6.95. The van der Waals surface area contributed by atoms with Gasteiger partial charge in [0.2, 0.25) is 0 Å². The lowest BCUT2D eigenvalue weighted by atomic mass is 10.2. The molecule has 2 aromatic heterocycles. The molecule has 2 nitrogen and oxygen atoms in total. The first kappa shape index (κ1) is 12.3. The van der Waals surface area contributed by atoms with Crippen LogP contribution in [0, 0.1) is 6.92 Å². The second-order valence-electron chi connectivity index (χ2n) is 4.86. The maximum atomic E-state index is 4.67. The molecule has 0 aliphatic heterocycles. The summed E-state index contributed by atoms with van der Waals surface area (Å²) in [4.78, 5) is 7.54. The molecule has 2 aromatic rings. The highest BCUT2D eigenvalue weighted by molar-refractivity contribution is 7.12. The summed E-state index contributed by atoms with van der Waals surface area (Å²) in [5, 5.41) is 7.09. The molecule has 0 spiro atoms. The minimum absolute atomic E-state index is 0.307. The lowest BCUT2D eigenvalue weighted by molar-refractivity contribution is 0.605. The Bertz CT molecular complexity index is 525. The van der Waals surface area contributed by atoms with Crippen LogP contribution in [0.4, 0.5) is 0 Å². The minimum atomic E-state index is 0.307. The third-order valence-corrected chi connectivity index (χ3v) is 5.50. The molecule has 96 valence electrons. The first-order valence-electron chi connectivity index (χ1n) is 6.53. The van der Waals surface area contributed by atoms with Crippen molar-refractivity contribution in [1.29, 1.82) is 0 Å². The molecular weight excluding hydrogens is 260 g/mol. The number of nitrogens with zero attached hydrogens (tertiary/aromatic N) is 1. The van der Waals surface area contributed by atoms with E-state index in [0.29, 0.717) is 12.1 Å². The Kier molecular flexibility index (Phi) is 3.50. The van der Waals surface area contributed by atoms with Crippen LogP contribution in [0.25, 0.3) is 0 Å². The number of thiazole rings is 1. The van der Waals surface area contributed by atoms with Crippen molar-refractivity contribution in [2.24, 2.45) is 0 Å². The molecule has 1 N–H and O–H groups in total. The van der Waals surface area contributed by atoms with E-state index in [1.807, 2.05) is 11.3 Å². The van der Waals surface area contributed by atoms with E-state index in [9.17, 15) is 0 Å². The predicted octanol–water partition coefficient (Wildman–Crippen LogP) is 3.92. The molecule has 1 saturated carbocycles. The van der Waals surface area contributed by atoms with Gasteiger partial charge in [-0.05, 0) is 38.3 Å². The highest BCUT2D eigenvalue weighted by Crippen LogP contribution is 2.34. The van der Waals surface area contributed by atoms with Gasteiger partial charge in [-0.1, -0.05) is 6.92 Å². The van der Waals surface area contributed by atoms with Gasteiger partial charge in [-0.3, -0.25) is 0 Å². The van der Waals surface area contributed by atoms with Crippen molar-refractivity contribution in [2.45, 2.75) is 45.2 Å². The molecule has 1 unspecified atom stereocenters. The summed E-state index contributed by atoms with van der Waals surface area (Å²) in [6.07, 6.45) is 3.75. The van der Waals surface area contributed by atoms with E-state index in [1.165, 1.54) is 27.6 Å². The third kappa shape index (κ3) is 2.66. The Morgan fingerprint density at radius 1 is 1.44 bits per heavy atom. The molecule has 0 aromatic carbocycles. The van der Waals surface area contributed by atoms with Crippen molar-refractivity contribution < 1.29 is 0 Å². The lowest BCUT2D eigenvalue weighted by Gasteiger charge is -2.14. The van der Waals surface area contributed by atoms with Gasteiger partial charge in [-0.15, -0.1) is 22.7 Å². The van der Waals surface area contributed by atoms with Gasteiger partial charge in [-0.25, -0.2) is 4.98 Å². The topological polar surface area (TPSA) is 24.9 Å². The zero-order valence-corrected chi connectivity index (χ0v) is 12.4. The molecule has 0 radical (unpaired) electrons. The van der Waals surface area contributed by atoms with Gasteiger partial charge in [0.05, 0.1) is 6.04 Å². The highest BCUT2D eigenvalue weighted by atomic mass is 32.1. The zero-order chi connectivity index (χ0) is 12.5. The SMILES string of the molecule is CCc1ccc(C(NC2CC2)c2nc(C)cs2)s1. The summed E-state index contributed by atoms with van der Waals surface area (Å²) in [6.45, 7) is 4.28. The zero-order valence-electron chi connectivity index (χ0n) is 10.8. The van der Waals surface area contributed by atoms with Gasteiger partial charge in [0.25, 0.3) is 0 Å². The molecule has 2 heterocycles. The van der Waals surface area contributed by atoms with Crippen LogP contribution in [0.2, 0.25) is 0 Å². The van der Waals surface area contributed by atoms with Crippen LogP contribution in [0.3, 0.4) is 0 Å². The van der Waals surface area contributed by atoms with E-state index >= 15 is 0 Å². The largest absolute Gasteiger partial charge is 0.301 e. The molecular formula is C14H18N2S2. The van der Waals surface area contributed by atoms with E-state index in [-0.39, 0.29) is 0 Å². The monoisotopic (exact) mass is 278 g/mol. The van der Waals surface area contributed by atoms with Gasteiger partial charge in [0.15, 0.2) is 0 Å². The third-order valence-electron chi connectivity index (χ3n) is 3.18. The van der Waals surface area contributed by atoms with Gasteiger partial charge < -0.3 is 5.32 Å². The number of hydrogen-bond acceptors (Lipinski definition) is 4. The van der Waals surface area contributed by atoms with Crippen LogP contribution < -0.4 is 5.32 Å². The normalized spacial score (nSPS) is 17.0. The Labute approximate surface area is 116 Å². The summed E-state index contributed by atoms with van der Waals surface area (Å²) in [5.41, 5.74) is 1.13. The van der Waals surface area contributed by atoms with Crippen LogP contribution in [-0.2, 0) is 6.42 Å². The first-order chi connectivity index (χ1) is 8.76. The highest BCUT2D eigenvalue weighted by Gasteiger charge is 2.28. The molecule has 4 heteroatoms. The number of hydrogen-bond donors (Lipinski definition) is 1. The van der Waals surface area contributed by atoms with Crippen molar-refractivity contribution in [3.8, 4) is 0 Å². The van der Waals surface area contributed by atoms with Gasteiger partial charge >= 0.3 is 0 Å². The van der Waals surface area contributed by atoms with Gasteiger partial charge in [0, 0.05) is 26.9 Å². The van der Waals surface area contributed by atoms with Gasteiger partial charge in [0.1, 0.15) is 5.01 Å². The minimum Gasteiger partial charge on any atom is -0.301 e. The molecule has 3 rings (SSSR count). The fraction of sp³-hybridized carbons (Fsp3) is 0.500. The number of nitrogens with one attached hydrogen (secondary N) is 1. The predicted molar refractivity (Wildman–Crippen MR) is 78.5 cm³/mol. The summed E-state index contributed by atoms with van der Waals surface area (Å²) in [6, 6.07) is 5.52. The molecule has 1 aliphatic rings. The Morgan fingerprint density at radius 2 is 2.28 bits per heavy atom. The summed E-state index contributed by atoms with van der Waals surface area (Å²) in [5.74, 6) is 0. The fourth-order valence-corrected chi connectivity index (χ4v) is 3.97. The van der Waals surface area contributed by atoms with E-state index < -0.39 is 0 Å². The van der Waals surface area contributed by atoms with E-state index in [2.05, 4.69) is 41.7 Å². The number of aryl methyl sites for hydroxylation is 2. The van der Waals surface area contributed by atoms with E-state index in [0.717, 1.165) is 12.1 Å². The summed E-state index contributed by atoms with van der Waals surface area (Å²) >= 11 is 3.69. The average molecular weight is 278 g/mol. The maximum Gasteiger partial charge on any atom is 0.115 e. The van der Waals surface area contributed by atoms with E-state index in [4.69, 9.17) is 0 Å². The van der Waals surface area contributed by atoms with Gasteiger partial charge in [-0.2, -0.15) is 0 Å². The van der Waals surface area contributed by atoms with Crippen molar-refractivity contribution in [3.05, 3.63) is 38.0 Å². The Balaban J connectivity index is 1.88. The van der Waals surface area contributed by atoms with Crippen molar-refractivity contribution in [3.63, 3.8) is 0 Å². The number of rotatable bonds is 5. The Morgan fingerprint density at radius 3 is 2.83 bits per heavy atom. The molecule has 0 bridgehead atoms. The lowest BCUT2D eigenvalue weighted by Crippen LogP contribution is -2.23. The number of aromatic nitrogens is 1.